The number of hydrogen-bond donors (Lipinski definition) is 5. The second-order valence-corrected chi connectivity index (χ2v) is 17.7. The van der Waals surface area contributed by atoms with E-state index in [0.29, 0.717) is 61.4 Å². The lowest BCUT2D eigenvalue weighted by Gasteiger charge is -2.36. The van der Waals surface area contributed by atoms with Crippen LogP contribution in [-0.2, 0) is 11.0 Å². The molecule has 65 heavy (non-hydrogen) atoms. The Balaban J connectivity index is 0.808. The van der Waals surface area contributed by atoms with Crippen molar-refractivity contribution in [3.05, 3.63) is 101 Å². The molecule has 5 aliphatic rings. The van der Waals surface area contributed by atoms with Crippen LogP contribution in [0.15, 0.2) is 67.0 Å². The molecule has 4 aromatic rings. The Labute approximate surface area is 372 Å². The van der Waals surface area contributed by atoms with Gasteiger partial charge in [0.1, 0.15) is 11.9 Å². The van der Waals surface area contributed by atoms with Gasteiger partial charge >= 0.3 is 6.18 Å². The number of aromatic nitrogens is 1. The zero-order chi connectivity index (χ0) is 45.7. The normalized spacial score (nSPS) is 19.8. The second-order valence-electron chi connectivity index (χ2n) is 17.7. The fourth-order valence-electron chi connectivity index (χ4n) is 9.23. The first-order chi connectivity index (χ1) is 31.1. The van der Waals surface area contributed by atoms with Crippen LogP contribution >= 0.6 is 0 Å². The van der Waals surface area contributed by atoms with Gasteiger partial charge in [0.05, 0.1) is 45.1 Å². The van der Waals surface area contributed by atoms with Gasteiger partial charge in [-0.3, -0.25) is 33.9 Å². The second kappa shape index (κ2) is 17.5. The van der Waals surface area contributed by atoms with Crippen molar-refractivity contribution < 1.29 is 41.5 Å². The molecule has 9 rings (SSSR count). The molecular formula is C47H49F4N9O5. The Morgan fingerprint density at radius 2 is 1.63 bits per heavy atom. The molecule has 5 amide bonds. The summed E-state index contributed by atoms with van der Waals surface area (Å²) >= 11 is 0. The molecule has 0 bridgehead atoms. The van der Waals surface area contributed by atoms with Crippen molar-refractivity contribution in [3.8, 4) is 11.1 Å². The maximum absolute atomic E-state index is 15.7. The monoisotopic (exact) mass is 895 g/mol. The minimum Gasteiger partial charge on any atom is -0.382 e. The first-order valence-corrected chi connectivity index (χ1v) is 22.0. The van der Waals surface area contributed by atoms with Crippen molar-refractivity contribution in [1.29, 1.82) is 0 Å². The van der Waals surface area contributed by atoms with Gasteiger partial charge in [-0.25, -0.2) is 4.39 Å². The van der Waals surface area contributed by atoms with E-state index in [1.807, 2.05) is 11.9 Å². The summed E-state index contributed by atoms with van der Waals surface area (Å²) in [6.07, 6.45) is 0.971. The predicted molar refractivity (Wildman–Crippen MR) is 235 cm³/mol. The molecule has 3 saturated heterocycles. The van der Waals surface area contributed by atoms with Crippen LogP contribution in [0, 0.1) is 5.82 Å². The molecule has 0 spiro atoms. The van der Waals surface area contributed by atoms with Crippen LogP contribution in [0.4, 0.5) is 28.9 Å². The number of piperidine rings is 2. The van der Waals surface area contributed by atoms with Gasteiger partial charge in [0.25, 0.3) is 23.6 Å². The molecule has 1 atom stereocenters. The van der Waals surface area contributed by atoms with E-state index in [0.717, 1.165) is 55.8 Å². The van der Waals surface area contributed by atoms with Crippen LogP contribution in [0.2, 0.25) is 0 Å². The number of nitrogens with zero attached hydrogens (tertiary/aromatic N) is 4. The first-order valence-electron chi connectivity index (χ1n) is 22.0. The van der Waals surface area contributed by atoms with E-state index in [1.165, 1.54) is 24.4 Å². The summed E-state index contributed by atoms with van der Waals surface area (Å²) in [5.74, 6) is -3.49. The molecule has 1 aromatic heterocycles. The van der Waals surface area contributed by atoms with Crippen LogP contribution in [0.1, 0.15) is 91.9 Å². The van der Waals surface area contributed by atoms with Crippen LogP contribution in [-0.4, -0.2) is 120 Å². The molecular weight excluding hydrogens is 847 g/mol. The molecule has 3 aromatic carbocycles. The minimum absolute atomic E-state index is 0.0184. The van der Waals surface area contributed by atoms with Gasteiger partial charge in [-0.2, -0.15) is 13.2 Å². The molecule has 18 heteroatoms. The zero-order valence-electron chi connectivity index (χ0n) is 35.7. The van der Waals surface area contributed by atoms with Gasteiger partial charge in [-0.15, -0.1) is 0 Å². The number of amides is 5. The number of benzene rings is 3. The van der Waals surface area contributed by atoms with E-state index in [1.54, 1.807) is 18.2 Å². The number of allylic oxidation sites excluding steroid dienone is 1. The average molecular weight is 896 g/mol. The maximum Gasteiger partial charge on any atom is 0.417 e. The highest BCUT2D eigenvalue weighted by Crippen LogP contribution is 2.42. The van der Waals surface area contributed by atoms with E-state index in [9.17, 15) is 37.1 Å². The predicted octanol–water partition coefficient (Wildman–Crippen LogP) is 5.76. The largest absolute Gasteiger partial charge is 0.417 e. The number of halogens is 4. The molecule has 4 fully saturated rings. The lowest BCUT2D eigenvalue weighted by molar-refractivity contribution is -0.137. The molecule has 4 aliphatic heterocycles. The molecule has 14 nitrogen and oxygen atoms in total. The molecule has 5 heterocycles. The van der Waals surface area contributed by atoms with E-state index < -0.39 is 47.2 Å². The van der Waals surface area contributed by atoms with Crippen LogP contribution in [0.3, 0.4) is 0 Å². The topological polar surface area (TPSA) is 168 Å². The third-order valence-electron chi connectivity index (χ3n) is 12.9. The number of carbonyl (C=O) groups is 5. The number of anilines is 2. The zero-order valence-corrected chi connectivity index (χ0v) is 35.7. The summed E-state index contributed by atoms with van der Waals surface area (Å²) in [6, 6.07) is 9.78. The standard InChI is InChI=1S/C47H49F4N9O5/c1-25-7-12-39(44(63)54-25)60-45(64)31-5-3-6-37(40(31)46(60)65)55-28-13-17-59(18-14-28)16-4-15-52-42(61)30-11-8-26(19-36(30)48)32-20-33-38(21-35(32)47(49,50)51)53-22-34(41(33)56-27-9-10-27)43(62)57-29-23-58(2)24-29/h3,5-6,8,11,19-22,27-29,39,55H,1,4,7,9-10,12-18,23-24H2,2H3,(H,52,61)(H,53,56)(H,54,63)(H,57,62). The van der Waals surface area contributed by atoms with E-state index in [2.05, 4.69) is 43.0 Å². The Morgan fingerprint density at radius 3 is 2.32 bits per heavy atom. The fraction of sp³-hybridized carbons (Fsp3) is 0.404. The summed E-state index contributed by atoms with van der Waals surface area (Å²) < 4.78 is 59.4. The van der Waals surface area contributed by atoms with Gasteiger partial charge < -0.3 is 36.4 Å². The number of alkyl halides is 3. The average Bonchev–Trinajstić information content (AvgIpc) is 4.05. The van der Waals surface area contributed by atoms with E-state index in [-0.39, 0.29) is 69.5 Å². The number of nitrogens with one attached hydrogen (secondary N) is 5. The molecule has 1 unspecified atom stereocenters. The number of likely N-dealkylation sites (tertiary alicyclic amines) is 2. The fourth-order valence-corrected chi connectivity index (χ4v) is 9.23. The van der Waals surface area contributed by atoms with Crippen molar-refractivity contribution in [2.24, 2.45) is 0 Å². The lowest BCUT2D eigenvalue weighted by atomic mass is 9.94. The summed E-state index contributed by atoms with van der Waals surface area (Å²) in [7, 11) is 1.93. The van der Waals surface area contributed by atoms with Crippen molar-refractivity contribution in [1.82, 2.24) is 35.6 Å². The number of fused-ring (bicyclic) bond motifs is 2. The molecule has 340 valence electrons. The Bertz CT molecular complexity index is 2620. The summed E-state index contributed by atoms with van der Waals surface area (Å²) in [6.45, 7) is 7.44. The van der Waals surface area contributed by atoms with Crippen LogP contribution < -0.4 is 26.6 Å². The number of carbonyl (C=O) groups excluding carboxylic acids is 5. The third kappa shape index (κ3) is 9.01. The molecule has 1 saturated carbocycles. The summed E-state index contributed by atoms with van der Waals surface area (Å²) in [5.41, 5.74) is 0.496. The van der Waals surface area contributed by atoms with Gasteiger partial charge in [-0.05, 0) is 106 Å². The van der Waals surface area contributed by atoms with Crippen molar-refractivity contribution in [3.63, 3.8) is 0 Å². The maximum atomic E-state index is 15.7. The molecule has 5 N–H and O–H groups in total. The Hall–Kier alpha value is -6.40. The molecule has 0 radical (unpaired) electrons. The van der Waals surface area contributed by atoms with Gasteiger partial charge in [-0.1, -0.05) is 18.7 Å². The Kier molecular flexibility index (Phi) is 11.8. The van der Waals surface area contributed by atoms with E-state index in [4.69, 9.17) is 0 Å². The van der Waals surface area contributed by atoms with E-state index >= 15 is 4.39 Å². The number of pyridine rings is 1. The lowest BCUT2D eigenvalue weighted by Crippen LogP contribution is -2.57. The quantitative estimate of drug-likeness (QED) is 0.0633. The SMILES string of the molecule is C=C1CCC(N2C(=O)c3cccc(NC4CCN(CCCNC(=O)c5ccc(-c6cc7c(NC8CC8)c(C(=O)NC8CN(C)C8)cnc7cc6C(F)(F)F)cc5F)CC4)c3C2=O)C(=O)N1. The van der Waals surface area contributed by atoms with Crippen molar-refractivity contribution in [2.45, 2.75) is 75.3 Å². The van der Waals surface area contributed by atoms with Gasteiger partial charge in [0, 0.05) is 67.8 Å². The van der Waals surface area contributed by atoms with Crippen molar-refractivity contribution >= 4 is 51.8 Å². The number of likely N-dealkylation sites (N-methyl/N-ethyl adjacent to an activating group) is 1. The smallest absolute Gasteiger partial charge is 0.382 e. The number of hydrogen-bond acceptors (Lipinski definition) is 10. The first kappa shape index (κ1) is 43.8. The number of rotatable bonds is 13. The van der Waals surface area contributed by atoms with Gasteiger partial charge in [0.15, 0.2) is 0 Å². The third-order valence-corrected chi connectivity index (χ3v) is 12.9. The highest BCUT2D eigenvalue weighted by atomic mass is 19.4. The number of imide groups is 1. The Morgan fingerprint density at radius 1 is 0.877 bits per heavy atom. The summed E-state index contributed by atoms with van der Waals surface area (Å²) in [5, 5.41) is 15.4. The highest BCUT2D eigenvalue weighted by molar-refractivity contribution is 6.25. The van der Waals surface area contributed by atoms with Crippen molar-refractivity contribution in [2.75, 3.05) is 56.9 Å². The summed E-state index contributed by atoms with van der Waals surface area (Å²) in [4.78, 5) is 75.6. The minimum atomic E-state index is -4.82. The van der Waals surface area contributed by atoms with Crippen LogP contribution in [0.5, 0.6) is 0 Å². The van der Waals surface area contributed by atoms with Crippen LogP contribution in [0.25, 0.3) is 22.0 Å². The highest BCUT2D eigenvalue weighted by Gasteiger charge is 2.45. The molecule has 1 aliphatic carbocycles. The van der Waals surface area contributed by atoms with Gasteiger partial charge in [0.2, 0.25) is 5.91 Å².